The van der Waals surface area contributed by atoms with Crippen LogP contribution in [0.1, 0.15) is 5.56 Å². The molecule has 0 bridgehead atoms. The van der Waals surface area contributed by atoms with Crippen LogP contribution in [-0.4, -0.2) is 13.1 Å². The highest BCUT2D eigenvalue weighted by molar-refractivity contribution is 5.97. The first-order chi connectivity index (χ1) is 7.17. The number of hydrogen-bond donors (Lipinski definition) is 0. The SMILES string of the molecule is COC(=O)/C(C#N)=C/c1cccc(F)c1. The zero-order valence-electron chi connectivity index (χ0n) is 8.03. The molecule has 0 aliphatic carbocycles. The molecule has 1 aromatic carbocycles. The van der Waals surface area contributed by atoms with E-state index in [4.69, 9.17) is 5.26 Å². The van der Waals surface area contributed by atoms with Crippen LogP contribution in [0.5, 0.6) is 0 Å². The van der Waals surface area contributed by atoms with E-state index in [2.05, 4.69) is 4.74 Å². The third-order valence-corrected chi connectivity index (χ3v) is 1.69. The van der Waals surface area contributed by atoms with Crippen LogP contribution in [0, 0.1) is 17.1 Å². The van der Waals surface area contributed by atoms with Crippen molar-refractivity contribution in [3.8, 4) is 6.07 Å². The summed E-state index contributed by atoms with van der Waals surface area (Å²) in [5.74, 6) is -1.16. The highest BCUT2D eigenvalue weighted by Gasteiger charge is 2.08. The number of hydrogen-bond acceptors (Lipinski definition) is 3. The number of halogens is 1. The van der Waals surface area contributed by atoms with Crippen molar-refractivity contribution in [3.63, 3.8) is 0 Å². The highest BCUT2D eigenvalue weighted by Crippen LogP contribution is 2.09. The number of carbonyl (C=O) groups is 1. The summed E-state index contributed by atoms with van der Waals surface area (Å²) in [6.07, 6.45) is 1.27. The van der Waals surface area contributed by atoms with E-state index in [-0.39, 0.29) is 5.57 Å². The molecule has 3 nitrogen and oxygen atoms in total. The van der Waals surface area contributed by atoms with Crippen LogP contribution in [0.2, 0.25) is 0 Å². The fourth-order valence-corrected chi connectivity index (χ4v) is 1.01. The molecule has 4 heteroatoms. The smallest absolute Gasteiger partial charge is 0.348 e. The Bertz CT molecular complexity index is 446. The van der Waals surface area contributed by atoms with Gasteiger partial charge in [-0.3, -0.25) is 0 Å². The van der Waals surface area contributed by atoms with Gasteiger partial charge in [0.1, 0.15) is 17.5 Å². The third kappa shape index (κ3) is 2.92. The fourth-order valence-electron chi connectivity index (χ4n) is 1.01. The van der Waals surface area contributed by atoms with Gasteiger partial charge in [-0.05, 0) is 23.8 Å². The predicted molar refractivity (Wildman–Crippen MR) is 52.0 cm³/mol. The lowest BCUT2D eigenvalue weighted by Crippen LogP contribution is -2.02. The van der Waals surface area contributed by atoms with Crippen LogP contribution in [0.15, 0.2) is 29.8 Å². The van der Waals surface area contributed by atoms with Crippen molar-refractivity contribution < 1.29 is 13.9 Å². The van der Waals surface area contributed by atoms with Crippen molar-refractivity contribution >= 4 is 12.0 Å². The zero-order valence-corrected chi connectivity index (χ0v) is 8.03. The summed E-state index contributed by atoms with van der Waals surface area (Å²) in [4.78, 5) is 11.0. The number of benzene rings is 1. The van der Waals surface area contributed by atoms with Crippen LogP contribution in [0.25, 0.3) is 6.08 Å². The Kier molecular flexibility index (Phi) is 3.58. The molecule has 0 fully saturated rings. The van der Waals surface area contributed by atoms with Gasteiger partial charge in [-0.25, -0.2) is 9.18 Å². The average Bonchev–Trinajstić information content (AvgIpc) is 2.25. The zero-order chi connectivity index (χ0) is 11.3. The van der Waals surface area contributed by atoms with Gasteiger partial charge in [-0.2, -0.15) is 5.26 Å². The summed E-state index contributed by atoms with van der Waals surface area (Å²) in [5.41, 5.74) is 0.278. The Balaban J connectivity index is 3.05. The maximum atomic E-state index is 12.8. The first-order valence-corrected chi connectivity index (χ1v) is 4.13. The predicted octanol–water partition coefficient (Wildman–Crippen LogP) is 1.91. The topological polar surface area (TPSA) is 50.1 Å². The number of ether oxygens (including phenoxy) is 1. The van der Waals surface area contributed by atoms with Gasteiger partial charge in [0.25, 0.3) is 0 Å². The Hall–Kier alpha value is -2.15. The van der Waals surface area contributed by atoms with Crippen molar-refractivity contribution in [3.05, 3.63) is 41.2 Å². The number of nitriles is 1. The number of methoxy groups -OCH3 is 1. The summed E-state index contributed by atoms with van der Waals surface area (Å²) < 4.78 is 17.2. The number of esters is 1. The molecule has 15 heavy (non-hydrogen) atoms. The van der Waals surface area contributed by atoms with Crippen molar-refractivity contribution in [2.24, 2.45) is 0 Å². The van der Waals surface area contributed by atoms with E-state index in [0.29, 0.717) is 5.56 Å². The van der Waals surface area contributed by atoms with Crippen molar-refractivity contribution in [2.75, 3.05) is 7.11 Å². The summed E-state index contributed by atoms with van der Waals surface area (Å²) in [7, 11) is 1.18. The van der Waals surface area contributed by atoms with E-state index >= 15 is 0 Å². The van der Waals surface area contributed by atoms with E-state index < -0.39 is 11.8 Å². The van der Waals surface area contributed by atoms with Crippen LogP contribution in [0.3, 0.4) is 0 Å². The molecule has 0 saturated carbocycles. The van der Waals surface area contributed by atoms with E-state index in [1.165, 1.54) is 31.4 Å². The molecule has 0 atom stereocenters. The molecule has 0 saturated heterocycles. The lowest BCUT2D eigenvalue weighted by atomic mass is 10.1. The van der Waals surface area contributed by atoms with E-state index in [1.807, 2.05) is 0 Å². The Morgan fingerprint density at radius 2 is 2.33 bits per heavy atom. The Labute approximate surface area is 86.4 Å². The van der Waals surface area contributed by atoms with Crippen LogP contribution < -0.4 is 0 Å². The van der Waals surface area contributed by atoms with E-state index in [9.17, 15) is 9.18 Å². The third-order valence-electron chi connectivity index (χ3n) is 1.69. The normalized spacial score (nSPS) is 10.6. The van der Waals surface area contributed by atoms with Crippen molar-refractivity contribution in [2.45, 2.75) is 0 Å². The molecular weight excluding hydrogens is 197 g/mol. The van der Waals surface area contributed by atoms with Gasteiger partial charge in [0, 0.05) is 0 Å². The standard InChI is InChI=1S/C11H8FNO2/c1-15-11(14)9(7-13)5-8-3-2-4-10(12)6-8/h2-6H,1H3/b9-5+. The van der Waals surface area contributed by atoms with Gasteiger partial charge in [-0.1, -0.05) is 12.1 Å². The summed E-state index contributed by atoms with van der Waals surface area (Å²) in [5, 5.41) is 8.65. The summed E-state index contributed by atoms with van der Waals surface area (Å²) in [6, 6.07) is 7.27. The minimum atomic E-state index is -0.734. The van der Waals surface area contributed by atoms with Gasteiger partial charge >= 0.3 is 5.97 Å². The average molecular weight is 205 g/mol. The molecule has 0 spiro atoms. The molecule has 0 amide bonds. The van der Waals surface area contributed by atoms with E-state index in [1.54, 1.807) is 12.1 Å². The molecule has 0 heterocycles. The van der Waals surface area contributed by atoms with Gasteiger partial charge < -0.3 is 4.74 Å². The van der Waals surface area contributed by atoms with Gasteiger partial charge in [0.2, 0.25) is 0 Å². The lowest BCUT2D eigenvalue weighted by Gasteiger charge is -1.97. The number of carbonyl (C=O) groups excluding carboxylic acids is 1. The quantitative estimate of drug-likeness (QED) is 0.421. The highest BCUT2D eigenvalue weighted by atomic mass is 19.1. The maximum absolute atomic E-state index is 12.8. The second-order valence-electron chi connectivity index (χ2n) is 2.72. The first kappa shape index (κ1) is 10.9. The van der Waals surface area contributed by atoms with Crippen LogP contribution >= 0.6 is 0 Å². The second kappa shape index (κ2) is 4.91. The molecule has 1 aromatic rings. The molecule has 0 aliphatic rings. The largest absolute Gasteiger partial charge is 0.465 e. The van der Waals surface area contributed by atoms with Gasteiger partial charge in [0.05, 0.1) is 7.11 Å². The minimum absolute atomic E-state index is 0.164. The Morgan fingerprint density at radius 1 is 1.60 bits per heavy atom. The lowest BCUT2D eigenvalue weighted by molar-refractivity contribution is -0.135. The monoisotopic (exact) mass is 205 g/mol. The molecule has 1 rings (SSSR count). The molecule has 0 unspecified atom stereocenters. The Morgan fingerprint density at radius 3 is 2.87 bits per heavy atom. The molecule has 0 N–H and O–H groups in total. The van der Waals surface area contributed by atoms with Gasteiger partial charge in [-0.15, -0.1) is 0 Å². The molecule has 0 aliphatic heterocycles. The molecule has 76 valence electrons. The second-order valence-corrected chi connectivity index (χ2v) is 2.72. The first-order valence-electron chi connectivity index (χ1n) is 4.13. The summed E-state index contributed by atoms with van der Waals surface area (Å²) >= 11 is 0. The number of rotatable bonds is 2. The fraction of sp³-hybridized carbons (Fsp3) is 0.0909. The van der Waals surface area contributed by atoms with Crippen LogP contribution in [0.4, 0.5) is 4.39 Å². The summed E-state index contributed by atoms with van der Waals surface area (Å²) in [6.45, 7) is 0. The van der Waals surface area contributed by atoms with Crippen molar-refractivity contribution in [1.82, 2.24) is 0 Å². The van der Waals surface area contributed by atoms with Crippen molar-refractivity contribution in [1.29, 1.82) is 5.26 Å². The van der Waals surface area contributed by atoms with Crippen LogP contribution in [-0.2, 0) is 9.53 Å². The minimum Gasteiger partial charge on any atom is -0.465 e. The molecular formula is C11H8FNO2. The molecule has 0 radical (unpaired) electrons. The molecule has 0 aromatic heterocycles. The van der Waals surface area contributed by atoms with Gasteiger partial charge in [0.15, 0.2) is 0 Å². The number of nitrogens with zero attached hydrogens (tertiary/aromatic N) is 1. The van der Waals surface area contributed by atoms with E-state index in [0.717, 1.165) is 0 Å². The maximum Gasteiger partial charge on any atom is 0.348 e.